The topological polar surface area (TPSA) is 166 Å². The van der Waals surface area contributed by atoms with Crippen LogP contribution < -0.4 is 5.32 Å². The summed E-state index contributed by atoms with van der Waals surface area (Å²) in [5.41, 5.74) is 2.04. The number of ether oxygens (including phenoxy) is 1. The van der Waals surface area contributed by atoms with Gasteiger partial charge in [-0.05, 0) is 44.8 Å². The van der Waals surface area contributed by atoms with Gasteiger partial charge in [0.25, 0.3) is 0 Å². The Morgan fingerprint density at radius 1 is 0.923 bits per heavy atom. The van der Waals surface area contributed by atoms with Gasteiger partial charge >= 0.3 is 0 Å². The Labute approximate surface area is 222 Å². The Hall–Kier alpha value is -3.71. The van der Waals surface area contributed by atoms with Crippen LogP contribution in [0, 0.1) is 0 Å². The first-order chi connectivity index (χ1) is 18.9. The number of hydrogen-bond donors (Lipinski definition) is 6. The fraction of sp³-hybridized carbons (Fsp3) is 0.321. The second-order valence-electron chi connectivity index (χ2n) is 10.2. The van der Waals surface area contributed by atoms with Crippen molar-refractivity contribution in [2.45, 2.75) is 49.2 Å². The third-order valence-corrected chi connectivity index (χ3v) is 7.95. The fourth-order valence-electron chi connectivity index (χ4n) is 5.92. The molecule has 0 unspecified atom stereocenters. The van der Waals surface area contributed by atoms with E-state index in [1.54, 1.807) is 10.6 Å². The van der Waals surface area contributed by atoms with E-state index in [9.17, 15) is 25.5 Å². The number of benzene rings is 3. The van der Waals surface area contributed by atoms with Gasteiger partial charge in [-0.3, -0.25) is 4.57 Å². The van der Waals surface area contributed by atoms with Crippen molar-refractivity contribution in [3.05, 3.63) is 72.3 Å². The molecule has 2 aliphatic rings. The van der Waals surface area contributed by atoms with Crippen molar-refractivity contribution in [3.63, 3.8) is 0 Å². The molecule has 200 valence electrons. The zero-order valence-corrected chi connectivity index (χ0v) is 20.7. The van der Waals surface area contributed by atoms with Gasteiger partial charge in [0.15, 0.2) is 17.0 Å². The maximum atomic E-state index is 11.2. The molecule has 1 fully saturated rings. The number of nitrogens with one attached hydrogen (secondary N) is 1. The van der Waals surface area contributed by atoms with Gasteiger partial charge in [-0.2, -0.15) is 0 Å². The van der Waals surface area contributed by atoms with E-state index >= 15 is 0 Å². The number of aliphatic hydroxyl groups excluding tert-OH is 5. The van der Waals surface area contributed by atoms with E-state index in [1.807, 2.05) is 36.4 Å². The molecule has 0 spiro atoms. The molecule has 0 saturated carbocycles. The van der Waals surface area contributed by atoms with Crippen molar-refractivity contribution in [2.24, 2.45) is 0 Å². The normalized spacial score (nSPS) is 28.8. The molecule has 0 radical (unpaired) electrons. The predicted octanol–water partition coefficient (Wildman–Crippen LogP) is 1.70. The van der Waals surface area contributed by atoms with E-state index in [1.165, 1.54) is 12.7 Å². The van der Waals surface area contributed by atoms with Crippen LogP contribution in [0.3, 0.4) is 0 Å². The highest BCUT2D eigenvalue weighted by atomic mass is 16.5. The highest BCUT2D eigenvalue weighted by Crippen LogP contribution is 2.43. The number of rotatable bonds is 4. The molecule has 11 nitrogen and oxygen atoms in total. The molecule has 1 aliphatic carbocycles. The third kappa shape index (κ3) is 3.78. The molecule has 0 bridgehead atoms. The summed E-state index contributed by atoms with van der Waals surface area (Å²) in [4.78, 5) is 13.2. The summed E-state index contributed by atoms with van der Waals surface area (Å²) in [6.45, 7) is -0.303. The average Bonchev–Trinajstić information content (AvgIpc) is 3.56. The molecular formula is C28H27N5O6. The molecule has 1 aliphatic heterocycles. The maximum absolute atomic E-state index is 11.2. The second-order valence-corrected chi connectivity index (χ2v) is 10.2. The smallest absolute Gasteiger partial charge is 0.167 e. The number of aromatic nitrogens is 4. The van der Waals surface area contributed by atoms with Crippen molar-refractivity contribution in [2.75, 3.05) is 11.9 Å². The zero-order valence-electron chi connectivity index (χ0n) is 20.7. The molecule has 39 heavy (non-hydrogen) atoms. The zero-order chi connectivity index (χ0) is 26.8. The first-order valence-corrected chi connectivity index (χ1v) is 12.8. The molecule has 11 heteroatoms. The lowest BCUT2D eigenvalue weighted by Crippen LogP contribution is -2.44. The lowest BCUT2D eigenvalue weighted by molar-refractivity contribution is -0.0766. The monoisotopic (exact) mass is 529 g/mol. The Morgan fingerprint density at radius 2 is 1.72 bits per heavy atom. The highest BCUT2D eigenvalue weighted by Gasteiger charge is 2.42. The second kappa shape index (κ2) is 9.19. The van der Waals surface area contributed by atoms with E-state index in [0.29, 0.717) is 28.1 Å². The van der Waals surface area contributed by atoms with Crippen LogP contribution in [0.2, 0.25) is 0 Å². The molecule has 3 aromatic carbocycles. The van der Waals surface area contributed by atoms with Gasteiger partial charge in [-0.1, -0.05) is 36.4 Å². The number of nitrogens with zero attached hydrogens (tertiary/aromatic N) is 4. The standard InChI is InChI=1S/C28H27N5O6/c34-10-19-18(35)9-20(39-19)33-12-31-23-27(29-11-30-28(23)33)32-22-21-16(24(36)26(38)25(22)37)6-5-15-7-13-3-1-2-4-14(13)8-17(15)21/h1-8,11-12,18-20,22,24-26,34-38H,9-10H2,(H,29,30,32)/t18-,19+,20+,22+,24+,25+,26-/m0/s1. The van der Waals surface area contributed by atoms with Crippen LogP contribution in [0.25, 0.3) is 32.7 Å². The van der Waals surface area contributed by atoms with Crippen LogP contribution in [0.15, 0.2) is 61.2 Å². The summed E-state index contributed by atoms with van der Waals surface area (Å²) in [6, 6.07) is 14.9. The van der Waals surface area contributed by atoms with Gasteiger partial charge in [0, 0.05) is 6.42 Å². The van der Waals surface area contributed by atoms with E-state index < -0.39 is 42.8 Å². The summed E-state index contributed by atoms with van der Waals surface area (Å²) in [5, 5.41) is 59.6. The number of imidazole rings is 1. The largest absolute Gasteiger partial charge is 0.394 e. The number of anilines is 1. The summed E-state index contributed by atoms with van der Waals surface area (Å²) in [5.74, 6) is 0.326. The van der Waals surface area contributed by atoms with Crippen molar-refractivity contribution < 1.29 is 30.3 Å². The van der Waals surface area contributed by atoms with Crippen LogP contribution in [0.4, 0.5) is 5.82 Å². The summed E-state index contributed by atoms with van der Waals surface area (Å²) in [7, 11) is 0. The van der Waals surface area contributed by atoms with E-state index in [-0.39, 0.29) is 13.0 Å². The van der Waals surface area contributed by atoms with Gasteiger partial charge < -0.3 is 35.6 Å². The molecule has 2 aromatic heterocycles. The Bertz CT molecular complexity index is 1710. The molecule has 1 saturated heterocycles. The molecule has 0 amide bonds. The third-order valence-electron chi connectivity index (χ3n) is 7.95. The van der Waals surface area contributed by atoms with E-state index in [4.69, 9.17) is 4.74 Å². The lowest BCUT2D eigenvalue weighted by Gasteiger charge is -2.38. The molecule has 7 rings (SSSR count). The minimum Gasteiger partial charge on any atom is -0.394 e. The van der Waals surface area contributed by atoms with Crippen LogP contribution in [0.5, 0.6) is 0 Å². The number of aliphatic hydroxyl groups is 5. The van der Waals surface area contributed by atoms with Gasteiger partial charge in [0.05, 0.1) is 25.1 Å². The van der Waals surface area contributed by atoms with Crippen LogP contribution in [-0.4, -0.2) is 76.1 Å². The van der Waals surface area contributed by atoms with Crippen LogP contribution in [0.1, 0.15) is 35.9 Å². The summed E-state index contributed by atoms with van der Waals surface area (Å²) >= 11 is 0. The maximum Gasteiger partial charge on any atom is 0.167 e. The van der Waals surface area contributed by atoms with E-state index in [0.717, 1.165) is 21.5 Å². The van der Waals surface area contributed by atoms with Crippen molar-refractivity contribution in [3.8, 4) is 0 Å². The molecule has 7 atom stereocenters. The predicted molar refractivity (Wildman–Crippen MR) is 142 cm³/mol. The Kier molecular flexibility index (Phi) is 5.74. The average molecular weight is 530 g/mol. The van der Waals surface area contributed by atoms with Crippen molar-refractivity contribution in [1.29, 1.82) is 0 Å². The fourth-order valence-corrected chi connectivity index (χ4v) is 5.92. The quantitative estimate of drug-likeness (QED) is 0.189. The van der Waals surface area contributed by atoms with E-state index in [2.05, 4.69) is 26.3 Å². The Morgan fingerprint density at radius 3 is 2.49 bits per heavy atom. The minimum atomic E-state index is -1.42. The number of fused-ring (bicyclic) bond motifs is 5. The first kappa shape index (κ1) is 24.3. The van der Waals surface area contributed by atoms with Crippen molar-refractivity contribution >= 4 is 38.5 Å². The van der Waals surface area contributed by atoms with Crippen LogP contribution >= 0.6 is 0 Å². The van der Waals surface area contributed by atoms with Crippen molar-refractivity contribution in [1.82, 2.24) is 19.5 Å². The lowest BCUT2D eigenvalue weighted by atomic mass is 9.79. The Balaban J connectivity index is 1.34. The van der Waals surface area contributed by atoms with Gasteiger partial charge in [-0.15, -0.1) is 0 Å². The van der Waals surface area contributed by atoms with Gasteiger partial charge in [0.1, 0.15) is 37.0 Å². The molecule has 6 N–H and O–H groups in total. The van der Waals surface area contributed by atoms with Gasteiger partial charge in [0.2, 0.25) is 0 Å². The molecule has 3 heterocycles. The molecule has 5 aromatic rings. The minimum absolute atomic E-state index is 0.266. The van der Waals surface area contributed by atoms with Gasteiger partial charge in [-0.25, -0.2) is 15.0 Å². The summed E-state index contributed by atoms with van der Waals surface area (Å²) < 4.78 is 7.45. The SMILES string of the molecule is OC[C@H]1O[C@@H](n2cnc3c(N[C@@H]4c5c(ccc6cc7ccccc7cc56)[C@@H](O)[C@H](O)[C@@H]4O)ncnc32)C[C@@H]1O. The summed E-state index contributed by atoms with van der Waals surface area (Å²) in [6.07, 6.45) is -2.97. The highest BCUT2D eigenvalue weighted by molar-refractivity contribution is 6.00. The van der Waals surface area contributed by atoms with Crippen LogP contribution in [-0.2, 0) is 4.74 Å². The molecular weight excluding hydrogens is 502 g/mol. The number of hydrogen-bond acceptors (Lipinski definition) is 10. The first-order valence-electron chi connectivity index (χ1n) is 12.8.